The van der Waals surface area contributed by atoms with Gasteiger partial charge >= 0.3 is 0 Å². The maximum Gasteiger partial charge on any atom is 0.139 e. The summed E-state index contributed by atoms with van der Waals surface area (Å²) >= 11 is 0. The molecule has 118 valence electrons. The highest BCUT2D eigenvalue weighted by Gasteiger charge is 2.60. The van der Waals surface area contributed by atoms with Crippen molar-refractivity contribution in [1.82, 2.24) is 0 Å². The number of carbonyl (C=O) groups is 1. The third-order valence-corrected chi connectivity index (χ3v) is 8.35. The van der Waals surface area contributed by atoms with E-state index in [9.17, 15) is 9.90 Å². The molecule has 2 nitrogen and oxygen atoms in total. The van der Waals surface area contributed by atoms with Gasteiger partial charge in [0, 0.05) is 11.8 Å². The van der Waals surface area contributed by atoms with E-state index in [-0.39, 0.29) is 11.5 Å². The van der Waals surface area contributed by atoms with E-state index < -0.39 is 0 Å². The lowest BCUT2D eigenvalue weighted by atomic mass is 9.45. The van der Waals surface area contributed by atoms with Crippen LogP contribution in [-0.2, 0) is 4.79 Å². The molecule has 0 aromatic heterocycles. The first kappa shape index (κ1) is 14.2. The molecule has 4 saturated carbocycles. The molecule has 2 heteroatoms. The lowest BCUT2D eigenvalue weighted by Crippen LogP contribution is -2.54. The molecule has 0 heterocycles. The van der Waals surface area contributed by atoms with Crippen LogP contribution in [0.15, 0.2) is 0 Å². The van der Waals surface area contributed by atoms with Gasteiger partial charge in [0.2, 0.25) is 0 Å². The van der Waals surface area contributed by atoms with Crippen molar-refractivity contribution in [3.63, 3.8) is 0 Å². The Morgan fingerprint density at radius 1 is 1.00 bits per heavy atom. The van der Waals surface area contributed by atoms with E-state index >= 15 is 0 Å². The van der Waals surface area contributed by atoms with Crippen LogP contribution < -0.4 is 0 Å². The van der Waals surface area contributed by atoms with Crippen LogP contribution in [0.5, 0.6) is 0 Å². The molecule has 21 heavy (non-hydrogen) atoms. The molecular formula is C19H30O2. The summed E-state index contributed by atoms with van der Waals surface area (Å²) in [4.78, 5) is 12.4. The zero-order valence-electron chi connectivity index (χ0n) is 13.6. The largest absolute Gasteiger partial charge is 0.393 e. The third-order valence-electron chi connectivity index (χ3n) is 8.35. The van der Waals surface area contributed by atoms with Crippen LogP contribution >= 0.6 is 0 Å². The minimum absolute atomic E-state index is 0.0124. The maximum absolute atomic E-state index is 12.4. The van der Waals surface area contributed by atoms with Crippen LogP contribution in [-0.4, -0.2) is 17.0 Å². The Bertz CT molecular complexity index is 458. The van der Waals surface area contributed by atoms with Gasteiger partial charge < -0.3 is 5.11 Å². The Balaban J connectivity index is 1.64. The molecule has 4 aliphatic carbocycles. The number of fused-ring (bicyclic) bond motifs is 5. The van der Waals surface area contributed by atoms with Crippen LogP contribution in [0.2, 0.25) is 0 Å². The molecule has 0 aliphatic heterocycles. The molecule has 0 aromatic carbocycles. The quantitative estimate of drug-likeness (QED) is 0.733. The smallest absolute Gasteiger partial charge is 0.139 e. The summed E-state index contributed by atoms with van der Waals surface area (Å²) in [6.07, 6.45) is 10.1. The van der Waals surface area contributed by atoms with Gasteiger partial charge in [-0.25, -0.2) is 0 Å². The second-order valence-electron chi connectivity index (χ2n) is 9.00. The predicted molar refractivity (Wildman–Crippen MR) is 82.7 cm³/mol. The van der Waals surface area contributed by atoms with Crippen LogP contribution in [0.1, 0.15) is 71.6 Å². The van der Waals surface area contributed by atoms with Crippen molar-refractivity contribution < 1.29 is 9.90 Å². The van der Waals surface area contributed by atoms with E-state index in [0.29, 0.717) is 17.1 Å². The fraction of sp³-hybridized carbons (Fsp3) is 0.947. The number of rotatable bonds is 0. The molecule has 0 amide bonds. The van der Waals surface area contributed by atoms with Gasteiger partial charge in [-0.3, -0.25) is 4.79 Å². The van der Waals surface area contributed by atoms with Gasteiger partial charge in [-0.2, -0.15) is 0 Å². The molecule has 6 unspecified atom stereocenters. The maximum atomic E-state index is 12.4. The third kappa shape index (κ3) is 1.84. The zero-order valence-corrected chi connectivity index (χ0v) is 13.6. The minimum atomic E-state index is -0.0541. The first-order valence-electron chi connectivity index (χ1n) is 9.16. The van der Waals surface area contributed by atoms with E-state index in [1.54, 1.807) is 0 Å². The molecule has 7 atom stereocenters. The second-order valence-corrected chi connectivity index (χ2v) is 9.00. The number of Topliss-reactive ketones (excluding diaryl/α,β-unsaturated/α-hetero) is 1. The van der Waals surface area contributed by atoms with Gasteiger partial charge in [-0.05, 0) is 80.5 Å². The van der Waals surface area contributed by atoms with Gasteiger partial charge in [0.15, 0.2) is 0 Å². The Kier molecular flexibility index (Phi) is 3.10. The topological polar surface area (TPSA) is 37.3 Å². The molecule has 4 aliphatic rings. The van der Waals surface area contributed by atoms with E-state index in [2.05, 4.69) is 13.8 Å². The number of carbonyl (C=O) groups excluding carboxylic acids is 1. The molecule has 0 saturated heterocycles. The van der Waals surface area contributed by atoms with Gasteiger partial charge in [0.1, 0.15) is 5.78 Å². The highest BCUT2D eigenvalue weighted by molar-refractivity contribution is 5.87. The van der Waals surface area contributed by atoms with Crippen molar-refractivity contribution >= 4 is 5.78 Å². The zero-order chi connectivity index (χ0) is 14.8. The Labute approximate surface area is 128 Å². The average molecular weight is 290 g/mol. The molecule has 1 N–H and O–H groups in total. The summed E-state index contributed by atoms with van der Waals surface area (Å²) in [7, 11) is 0. The molecule has 0 spiro atoms. The molecule has 0 aromatic rings. The van der Waals surface area contributed by atoms with Gasteiger partial charge in [-0.15, -0.1) is 0 Å². The first-order valence-corrected chi connectivity index (χ1v) is 9.16. The molecule has 0 bridgehead atoms. The van der Waals surface area contributed by atoms with Crippen molar-refractivity contribution in [2.24, 2.45) is 34.5 Å². The normalized spacial score (nSPS) is 56.5. The highest BCUT2D eigenvalue weighted by Crippen LogP contribution is 2.65. The predicted octanol–water partition coefficient (Wildman–Crippen LogP) is 3.96. The van der Waals surface area contributed by atoms with Crippen molar-refractivity contribution in [3.05, 3.63) is 0 Å². The number of aliphatic hydroxyl groups excluding tert-OH is 1. The SMILES string of the molecule is CC12CCC3C(CCC4C[C@H](O)CCC43C)C1CCC2=O. The van der Waals surface area contributed by atoms with Crippen LogP contribution in [0, 0.1) is 34.5 Å². The van der Waals surface area contributed by atoms with Crippen LogP contribution in [0.3, 0.4) is 0 Å². The Hall–Kier alpha value is -0.370. The van der Waals surface area contributed by atoms with Crippen molar-refractivity contribution in [1.29, 1.82) is 0 Å². The first-order chi connectivity index (χ1) is 9.95. The molecule has 4 fully saturated rings. The van der Waals surface area contributed by atoms with E-state index in [0.717, 1.165) is 49.9 Å². The lowest BCUT2D eigenvalue weighted by Gasteiger charge is -2.60. The van der Waals surface area contributed by atoms with E-state index in [4.69, 9.17) is 0 Å². The Morgan fingerprint density at radius 2 is 1.81 bits per heavy atom. The number of ketones is 1. The summed E-state index contributed by atoms with van der Waals surface area (Å²) in [6, 6.07) is 0. The van der Waals surface area contributed by atoms with Crippen molar-refractivity contribution in [2.45, 2.75) is 77.7 Å². The summed E-state index contributed by atoms with van der Waals surface area (Å²) in [5, 5.41) is 10.0. The van der Waals surface area contributed by atoms with Crippen molar-refractivity contribution in [2.75, 3.05) is 0 Å². The average Bonchev–Trinajstić information content (AvgIpc) is 2.76. The van der Waals surface area contributed by atoms with Gasteiger partial charge in [-0.1, -0.05) is 13.8 Å². The number of hydrogen-bond donors (Lipinski definition) is 1. The number of hydrogen-bond acceptors (Lipinski definition) is 2. The van der Waals surface area contributed by atoms with Crippen LogP contribution in [0.25, 0.3) is 0 Å². The van der Waals surface area contributed by atoms with E-state index in [1.165, 1.54) is 25.7 Å². The van der Waals surface area contributed by atoms with Gasteiger partial charge in [0.05, 0.1) is 6.10 Å². The lowest BCUT2D eigenvalue weighted by molar-refractivity contribution is -0.142. The summed E-state index contributed by atoms with van der Waals surface area (Å²) in [5.74, 6) is 3.54. The standard InChI is InChI=1S/C19H30O2/c1-18-9-7-13(20)11-12(18)3-4-14-15-5-6-17(21)19(15,2)10-8-16(14)18/h12-16,20H,3-11H2,1-2H3/t12?,13-,14?,15?,16?,18?,19?/m1/s1. The Morgan fingerprint density at radius 3 is 2.62 bits per heavy atom. The summed E-state index contributed by atoms with van der Waals surface area (Å²) in [6.45, 7) is 4.78. The molecular weight excluding hydrogens is 260 g/mol. The van der Waals surface area contributed by atoms with Gasteiger partial charge in [0.25, 0.3) is 0 Å². The monoisotopic (exact) mass is 290 g/mol. The van der Waals surface area contributed by atoms with Crippen molar-refractivity contribution in [3.8, 4) is 0 Å². The summed E-state index contributed by atoms with van der Waals surface area (Å²) < 4.78 is 0. The fourth-order valence-corrected chi connectivity index (χ4v) is 7.01. The fourth-order valence-electron chi connectivity index (χ4n) is 7.01. The number of aliphatic hydroxyl groups is 1. The van der Waals surface area contributed by atoms with Crippen LogP contribution in [0.4, 0.5) is 0 Å². The van der Waals surface area contributed by atoms with E-state index in [1.807, 2.05) is 0 Å². The molecule has 4 rings (SSSR count). The highest BCUT2D eigenvalue weighted by atomic mass is 16.3. The summed E-state index contributed by atoms with van der Waals surface area (Å²) in [5.41, 5.74) is 0.452. The minimum Gasteiger partial charge on any atom is -0.393 e. The second kappa shape index (κ2) is 4.57. The molecule has 0 radical (unpaired) electrons.